The first kappa shape index (κ1) is 12.4. The van der Waals surface area contributed by atoms with Gasteiger partial charge < -0.3 is 25.0 Å². The average Bonchev–Trinajstić information content (AvgIpc) is 2.42. The lowest BCUT2D eigenvalue weighted by Gasteiger charge is -2.21. The van der Waals surface area contributed by atoms with E-state index in [4.69, 9.17) is 4.65 Å². The molecule has 0 spiro atoms. The molecule has 0 radical (unpaired) electrons. The largest absolute Gasteiger partial charge is 0.560 e. The van der Waals surface area contributed by atoms with Gasteiger partial charge in [0.15, 0.2) is 11.5 Å². The van der Waals surface area contributed by atoms with Crippen molar-refractivity contribution in [1.82, 2.24) is 0 Å². The van der Waals surface area contributed by atoms with Gasteiger partial charge in [0.05, 0.1) is 0 Å². The molecule has 0 aromatic heterocycles. The van der Waals surface area contributed by atoms with Gasteiger partial charge >= 0.3 is 7.12 Å². The van der Waals surface area contributed by atoms with E-state index >= 15 is 0 Å². The van der Waals surface area contributed by atoms with E-state index in [1.165, 1.54) is 24.3 Å². The van der Waals surface area contributed by atoms with Crippen LogP contribution in [0, 0.1) is 0 Å². The maximum atomic E-state index is 10.0. The smallest absolute Gasteiger partial charge is 0.532 e. The number of hydrogen-bond acceptors (Lipinski definition) is 5. The van der Waals surface area contributed by atoms with E-state index in [0.29, 0.717) is 22.3 Å². The topological polar surface area (TPSA) is 90.2 Å². The third kappa shape index (κ3) is 2.06. The van der Waals surface area contributed by atoms with Crippen LogP contribution in [0.4, 0.5) is 0 Å². The zero-order chi connectivity index (χ0) is 14.3. The third-order valence-electron chi connectivity index (χ3n) is 3.12. The van der Waals surface area contributed by atoms with Crippen LogP contribution in [0.3, 0.4) is 0 Å². The predicted molar refractivity (Wildman–Crippen MR) is 74.4 cm³/mol. The molecule has 5 nitrogen and oxygen atoms in total. The van der Waals surface area contributed by atoms with Gasteiger partial charge in [-0.25, -0.2) is 0 Å². The molecule has 4 N–H and O–H groups in total. The van der Waals surface area contributed by atoms with Crippen molar-refractivity contribution in [3.05, 3.63) is 47.5 Å². The van der Waals surface area contributed by atoms with Crippen LogP contribution in [-0.2, 0) is 0 Å². The fourth-order valence-corrected chi connectivity index (χ4v) is 2.11. The number of phenolic OH excluding ortho intramolecular Hbond substituents is 3. The van der Waals surface area contributed by atoms with Crippen LogP contribution in [0.25, 0.3) is 11.5 Å². The van der Waals surface area contributed by atoms with E-state index in [2.05, 4.69) is 0 Å². The van der Waals surface area contributed by atoms with Crippen LogP contribution in [0.15, 0.2) is 36.4 Å². The van der Waals surface area contributed by atoms with Gasteiger partial charge in [-0.3, -0.25) is 0 Å². The second-order valence-corrected chi connectivity index (χ2v) is 4.50. The first-order valence-corrected chi connectivity index (χ1v) is 5.96. The van der Waals surface area contributed by atoms with Crippen molar-refractivity contribution in [2.75, 3.05) is 0 Å². The highest BCUT2D eigenvalue weighted by molar-refractivity contribution is 6.70. The second kappa shape index (κ2) is 4.50. The van der Waals surface area contributed by atoms with Crippen LogP contribution >= 0.6 is 0 Å². The normalized spacial score (nSPS) is 13.4. The Kier molecular flexibility index (Phi) is 2.80. The van der Waals surface area contributed by atoms with Crippen molar-refractivity contribution in [3.8, 4) is 23.0 Å². The molecule has 2 aromatic carbocycles. The molecule has 3 rings (SSSR count). The lowest BCUT2D eigenvalue weighted by atomic mass is 9.71. The van der Waals surface area contributed by atoms with Crippen molar-refractivity contribution in [1.29, 1.82) is 0 Å². The van der Waals surface area contributed by atoms with Gasteiger partial charge in [0.2, 0.25) is 0 Å². The summed E-state index contributed by atoms with van der Waals surface area (Å²) in [7, 11) is -1.18. The standard InChI is InChI=1S/C14H11BO5/c16-10-2-4-14-9(5-10)6-11(15(19)20-14)8-1-3-12(17)13(18)7-8/h1-7,16-19H. The Balaban J connectivity index is 2.10. The Morgan fingerprint density at radius 3 is 2.45 bits per heavy atom. The highest BCUT2D eigenvalue weighted by Crippen LogP contribution is 2.36. The molecule has 100 valence electrons. The summed E-state index contributed by atoms with van der Waals surface area (Å²) in [5.74, 6) is 0.0332. The summed E-state index contributed by atoms with van der Waals surface area (Å²) < 4.78 is 5.36. The molecule has 0 saturated carbocycles. The number of fused-ring (bicyclic) bond motifs is 1. The zero-order valence-corrected chi connectivity index (χ0v) is 10.3. The molecule has 0 fully saturated rings. The van der Waals surface area contributed by atoms with Gasteiger partial charge in [-0.1, -0.05) is 6.07 Å². The third-order valence-corrected chi connectivity index (χ3v) is 3.12. The molecule has 1 heterocycles. The Morgan fingerprint density at radius 2 is 1.70 bits per heavy atom. The van der Waals surface area contributed by atoms with Gasteiger partial charge in [-0.15, -0.1) is 0 Å². The van der Waals surface area contributed by atoms with E-state index in [0.717, 1.165) is 0 Å². The second-order valence-electron chi connectivity index (χ2n) is 4.50. The molecule has 0 saturated heterocycles. The van der Waals surface area contributed by atoms with Crippen molar-refractivity contribution in [2.24, 2.45) is 0 Å². The summed E-state index contributed by atoms with van der Waals surface area (Å²) in [6.45, 7) is 0. The summed E-state index contributed by atoms with van der Waals surface area (Å²) >= 11 is 0. The minimum absolute atomic E-state index is 0.0906. The van der Waals surface area contributed by atoms with Gasteiger partial charge in [0.1, 0.15) is 11.5 Å². The fourth-order valence-electron chi connectivity index (χ4n) is 2.11. The lowest BCUT2D eigenvalue weighted by molar-refractivity contribution is 0.403. The summed E-state index contributed by atoms with van der Waals surface area (Å²) in [5.41, 5.74) is 1.57. The van der Waals surface area contributed by atoms with E-state index in [1.807, 2.05) is 0 Å². The summed E-state index contributed by atoms with van der Waals surface area (Å²) in [5, 5.41) is 38.3. The zero-order valence-electron chi connectivity index (χ0n) is 10.3. The van der Waals surface area contributed by atoms with Crippen LogP contribution in [0.2, 0.25) is 0 Å². The average molecular weight is 270 g/mol. The minimum atomic E-state index is -1.18. The van der Waals surface area contributed by atoms with E-state index < -0.39 is 7.12 Å². The lowest BCUT2D eigenvalue weighted by Crippen LogP contribution is -2.26. The Labute approximate surface area is 115 Å². The van der Waals surface area contributed by atoms with Crippen LogP contribution in [-0.4, -0.2) is 27.5 Å². The monoisotopic (exact) mass is 270 g/mol. The molecular weight excluding hydrogens is 259 g/mol. The molecule has 6 heteroatoms. The summed E-state index contributed by atoms with van der Waals surface area (Å²) in [6, 6.07) is 8.77. The Bertz CT molecular complexity index is 711. The Hall–Kier alpha value is -2.60. The van der Waals surface area contributed by atoms with Gasteiger partial charge in [-0.05, 0) is 42.0 Å². The quantitative estimate of drug-likeness (QED) is 0.468. The number of hydrogen-bond donors (Lipinski definition) is 4. The molecule has 0 amide bonds. The van der Waals surface area contributed by atoms with Crippen LogP contribution in [0.1, 0.15) is 11.1 Å². The molecule has 20 heavy (non-hydrogen) atoms. The van der Waals surface area contributed by atoms with Gasteiger partial charge in [0, 0.05) is 11.0 Å². The van der Waals surface area contributed by atoms with E-state index in [-0.39, 0.29) is 17.2 Å². The molecule has 0 aliphatic carbocycles. The first-order chi connectivity index (χ1) is 9.54. The number of aromatic hydroxyl groups is 3. The Morgan fingerprint density at radius 1 is 0.900 bits per heavy atom. The first-order valence-electron chi connectivity index (χ1n) is 5.96. The molecule has 0 bridgehead atoms. The summed E-state index contributed by atoms with van der Waals surface area (Å²) in [6.07, 6.45) is 1.66. The van der Waals surface area contributed by atoms with E-state index in [1.54, 1.807) is 18.2 Å². The number of rotatable bonds is 1. The van der Waals surface area contributed by atoms with E-state index in [9.17, 15) is 20.3 Å². The number of phenols is 3. The molecule has 1 aliphatic rings. The van der Waals surface area contributed by atoms with Crippen LogP contribution < -0.4 is 4.65 Å². The van der Waals surface area contributed by atoms with Crippen molar-refractivity contribution in [3.63, 3.8) is 0 Å². The molecule has 2 aromatic rings. The molecule has 0 atom stereocenters. The maximum absolute atomic E-state index is 10.0. The molecule has 1 aliphatic heterocycles. The highest BCUT2D eigenvalue weighted by Gasteiger charge is 2.29. The van der Waals surface area contributed by atoms with Gasteiger partial charge in [-0.2, -0.15) is 0 Å². The van der Waals surface area contributed by atoms with Gasteiger partial charge in [0.25, 0.3) is 0 Å². The van der Waals surface area contributed by atoms with Crippen LogP contribution in [0.5, 0.6) is 23.0 Å². The summed E-state index contributed by atoms with van der Waals surface area (Å²) in [4.78, 5) is 0. The number of benzene rings is 2. The molecule has 0 unspecified atom stereocenters. The fraction of sp³-hybridized carbons (Fsp3) is 0. The minimum Gasteiger partial charge on any atom is -0.532 e. The van der Waals surface area contributed by atoms with Crippen molar-refractivity contribution < 1.29 is 25.0 Å². The van der Waals surface area contributed by atoms with Crippen molar-refractivity contribution in [2.45, 2.75) is 0 Å². The van der Waals surface area contributed by atoms with Crippen molar-refractivity contribution >= 4 is 18.7 Å². The predicted octanol–water partition coefficient (Wildman–Crippen LogP) is 1.76. The maximum Gasteiger partial charge on any atom is 0.560 e. The SMILES string of the molecule is OB1Oc2ccc(O)cc2C=C1c1ccc(O)c(O)c1. The molecular formula is C14H11BO5. The highest BCUT2D eigenvalue weighted by atomic mass is 16.5.